The van der Waals surface area contributed by atoms with E-state index >= 15 is 0 Å². The Kier molecular flexibility index (Phi) is 7.45. The molecule has 0 aliphatic carbocycles. The lowest BCUT2D eigenvalue weighted by molar-refractivity contribution is -0.139. The molecule has 0 radical (unpaired) electrons. The molecule has 138 valence electrons. The largest absolute Gasteiger partial charge is 0.496 e. The zero-order chi connectivity index (χ0) is 18.8. The quantitative estimate of drug-likeness (QED) is 0.421. The number of hydrogen-bond donors (Lipinski definition) is 1. The summed E-state index contributed by atoms with van der Waals surface area (Å²) in [5, 5.41) is 4.43. The Morgan fingerprint density at radius 3 is 2.77 bits per heavy atom. The highest BCUT2D eigenvalue weighted by atomic mass is 16.6. The molecule has 2 rings (SSSR count). The topological polar surface area (TPSA) is 83.1 Å². The number of rotatable bonds is 9. The molecule has 0 aliphatic rings. The Morgan fingerprint density at radius 2 is 2.00 bits per heavy atom. The number of fused-ring (bicyclic) bond motifs is 1. The van der Waals surface area contributed by atoms with Gasteiger partial charge in [0.2, 0.25) is 0 Å². The van der Waals surface area contributed by atoms with Crippen LogP contribution in [0.1, 0.15) is 0 Å². The molecule has 0 unspecified atom stereocenters. The molecule has 7 heteroatoms. The predicted molar refractivity (Wildman–Crippen MR) is 96.5 cm³/mol. The molecule has 0 bridgehead atoms. The van der Waals surface area contributed by atoms with Crippen molar-refractivity contribution >= 4 is 22.8 Å². The first-order valence-electron chi connectivity index (χ1n) is 8.03. The highest BCUT2D eigenvalue weighted by Crippen LogP contribution is 2.28. The second-order valence-electron chi connectivity index (χ2n) is 5.14. The number of ether oxygens (including phenoxy) is 4. The van der Waals surface area contributed by atoms with E-state index in [0.717, 1.165) is 22.6 Å². The van der Waals surface area contributed by atoms with Crippen LogP contribution in [0.5, 0.6) is 11.5 Å². The third kappa shape index (κ3) is 5.78. The maximum Gasteiger partial charge on any atom is 0.412 e. The molecule has 26 heavy (non-hydrogen) atoms. The highest BCUT2D eigenvalue weighted by Gasteiger charge is 2.06. The summed E-state index contributed by atoms with van der Waals surface area (Å²) in [6.07, 6.45) is 0.509. The molecule has 7 nitrogen and oxygen atoms in total. The summed E-state index contributed by atoms with van der Waals surface area (Å²) in [4.78, 5) is 22.6. The normalized spacial score (nSPS) is 10.2. The zero-order valence-electron chi connectivity index (χ0n) is 14.5. The number of carbonyl (C=O) groups excluding carboxylic acids is 2. The number of amides is 1. The Balaban J connectivity index is 1.72. The van der Waals surface area contributed by atoms with Crippen LogP contribution in [0.3, 0.4) is 0 Å². The van der Waals surface area contributed by atoms with E-state index in [4.69, 9.17) is 18.9 Å². The Bertz CT molecular complexity index is 774. The molecular formula is C19H21NO6. The molecule has 0 spiro atoms. The van der Waals surface area contributed by atoms with Crippen molar-refractivity contribution in [1.82, 2.24) is 5.32 Å². The maximum atomic E-state index is 11.8. The van der Waals surface area contributed by atoms with Gasteiger partial charge < -0.3 is 24.3 Å². The first-order valence-corrected chi connectivity index (χ1v) is 8.03. The summed E-state index contributed by atoms with van der Waals surface area (Å²) in [7, 11) is 1.61. The van der Waals surface area contributed by atoms with Gasteiger partial charge in [-0.1, -0.05) is 18.7 Å². The first-order chi connectivity index (χ1) is 12.6. The molecule has 0 fully saturated rings. The van der Waals surface area contributed by atoms with Crippen LogP contribution in [0.15, 0.2) is 49.1 Å². The van der Waals surface area contributed by atoms with Gasteiger partial charge in [-0.25, -0.2) is 9.59 Å². The molecule has 0 aliphatic heterocycles. The average Bonchev–Trinajstić information content (AvgIpc) is 2.66. The van der Waals surface area contributed by atoms with E-state index in [1.807, 2.05) is 24.3 Å². The minimum Gasteiger partial charge on any atom is -0.496 e. The van der Waals surface area contributed by atoms with Crippen LogP contribution in [-0.4, -0.2) is 45.5 Å². The maximum absolute atomic E-state index is 11.8. The SMILES string of the molecule is C=CC(=O)OCCOCCNC(=O)Oc1ccc2c(OC)cccc2c1. The fourth-order valence-corrected chi connectivity index (χ4v) is 2.20. The van der Waals surface area contributed by atoms with E-state index in [1.165, 1.54) is 0 Å². The van der Waals surface area contributed by atoms with Crippen molar-refractivity contribution in [3.63, 3.8) is 0 Å². The summed E-state index contributed by atoms with van der Waals surface area (Å²) in [5.74, 6) is 0.693. The van der Waals surface area contributed by atoms with Crippen LogP contribution in [0.25, 0.3) is 10.8 Å². The van der Waals surface area contributed by atoms with Gasteiger partial charge >= 0.3 is 12.1 Å². The monoisotopic (exact) mass is 359 g/mol. The van der Waals surface area contributed by atoms with Crippen LogP contribution in [0.4, 0.5) is 4.79 Å². The molecule has 2 aromatic carbocycles. The fraction of sp³-hybridized carbons (Fsp3) is 0.263. The van der Waals surface area contributed by atoms with Crippen molar-refractivity contribution in [3.05, 3.63) is 49.1 Å². The molecule has 0 atom stereocenters. The van der Waals surface area contributed by atoms with Gasteiger partial charge in [-0.05, 0) is 29.7 Å². The van der Waals surface area contributed by atoms with Gasteiger partial charge in [0.1, 0.15) is 18.1 Å². The van der Waals surface area contributed by atoms with Crippen molar-refractivity contribution < 1.29 is 28.5 Å². The minimum absolute atomic E-state index is 0.135. The van der Waals surface area contributed by atoms with E-state index < -0.39 is 12.1 Å². The van der Waals surface area contributed by atoms with Crippen LogP contribution in [0.2, 0.25) is 0 Å². The van der Waals surface area contributed by atoms with Crippen molar-refractivity contribution in [2.45, 2.75) is 0 Å². The smallest absolute Gasteiger partial charge is 0.412 e. The third-order valence-electron chi connectivity index (χ3n) is 3.40. The van der Waals surface area contributed by atoms with Crippen molar-refractivity contribution in [3.8, 4) is 11.5 Å². The minimum atomic E-state index is -0.575. The van der Waals surface area contributed by atoms with Crippen LogP contribution in [0, 0.1) is 0 Å². The lowest BCUT2D eigenvalue weighted by atomic mass is 10.1. The number of esters is 1. The molecule has 2 aromatic rings. The summed E-state index contributed by atoms with van der Waals surface area (Å²) >= 11 is 0. The van der Waals surface area contributed by atoms with E-state index in [9.17, 15) is 9.59 Å². The summed E-state index contributed by atoms with van der Waals surface area (Å²) in [6.45, 7) is 4.21. The second kappa shape index (κ2) is 10.0. The van der Waals surface area contributed by atoms with Gasteiger partial charge in [-0.2, -0.15) is 0 Å². The molecule has 0 saturated carbocycles. The molecule has 0 saturated heterocycles. The van der Waals surface area contributed by atoms with Crippen molar-refractivity contribution in [1.29, 1.82) is 0 Å². The second-order valence-corrected chi connectivity index (χ2v) is 5.14. The number of carbonyl (C=O) groups is 2. The van der Waals surface area contributed by atoms with E-state index in [0.29, 0.717) is 5.75 Å². The highest BCUT2D eigenvalue weighted by molar-refractivity contribution is 5.89. The van der Waals surface area contributed by atoms with Gasteiger partial charge in [-0.3, -0.25) is 0 Å². The Hall–Kier alpha value is -3.06. The number of methoxy groups -OCH3 is 1. The van der Waals surface area contributed by atoms with Crippen molar-refractivity contribution in [2.24, 2.45) is 0 Å². The predicted octanol–water partition coefficient (Wildman–Crippen LogP) is 2.68. The molecule has 1 N–H and O–H groups in total. The first kappa shape index (κ1) is 19.3. The lowest BCUT2D eigenvalue weighted by Gasteiger charge is -2.09. The van der Waals surface area contributed by atoms with E-state index in [2.05, 4.69) is 11.9 Å². The number of nitrogens with one attached hydrogen (secondary N) is 1. The zero-order valence-corrected chi connectivity index (χ0v) is 14.5. The fourth-order valence-electron chi connectivity index (χ4n) is 2.20. The molecule has 0 heterocycles. The number of benzene rings is 2. The van der Waals surface area contributed by atoms with Gasteiger partial charge in [0.05, 0.1) is 20.3 Å². The lowest BCUT2D eigenvalue weighted by Crippen LogP contribution is -2.30. The summed E-state index contributed by atoms with van der Waals surface area (Å²) < 4.78 is 20.5. The Morgan fingerprint density at radius 1 is 1.15 bits per heavy atom. The summed E-state index contributed by atoms with van der Waals surface area (Å²) in [5.41, 5.74) is 0. The van der Waals surface area contributed by atoms with Gasteiger partial charge in [0.15, 0.2) is 0 Å². The number of hydrogen-bond acceptors (Lipinski definition) is 6. The van der Waals surface area contributed by atoms with E-state index in [-0.39, 0.29) is 26.4 Å². The standard InChI is InChI=1S/C19H21NO6/c1-3-18(21)25-12-11-24-10-9-20-19(22)26-15-7-8-16-14(13-15)5-4-6-17(16)23-2/h3-8,13H,1,9-12H2,2H3,(H,20,22). The van der Waals surface area contributed by atoms with Gasteiger partial charge in [0.25, 0.3) is 0 Å². The van der Waals surface area contributed by atoms with Crippen LogP contribution < -0.4 is 14.8 Å². The molecular weight excluding hydrogens is 338 g/mol. The van der Waals surface area contributed by atoms with E-state index in [1.54, 1.807) is 19.2 Å². The molecule has 1 amide bonds. The van der Waals surface area contributed by atoms with Crippen LogP contribution >= 0.6 is 0 Å². The summed E-state index contributed by atoms with van der Waals surface area (Å²) in [6, 6.07) is 11.0. The Labute approximate surface area is 151 Å². The third-order valence-corrected chi connectivity index (χ3v) is 3.40. The van der Waals surface area contributed by atoms with Crippen LogP contribution in [-0.2, 0) is 14.3 Å². The van der Waals surface area contributed by atoms with Gasteiger partial charge in [0, 0.05) is 18.0 Å². The van der Waals surface area contributed by atoms with Gasteiger partial charge in [-0.15, -0.1) is 0 Å². The van der Waals surface area contributed by atoms with Crippen molar-refractivity contribution in [2.75, 3.05) is 33.5 Å². The average molecular weight is 359 g/mol. The molecule has 0 aromatic heterocycles.